The smallest absolute Gasteiger partial charge is 0.419 e. The Kier molecular flexibility index (Phi) is 3.89. The number of nitrogens with two attached hydrogens (primary N) is 1. The molecule has 0 aliphatic heterocycles. The number of hydrogen-bond donors (Lipinski definition) is 1. The van der Waals surface area contributed by atoms with E-state index in [1.165, 1.54) is 18.2 Å². The summed E-state index contributed by atoms with van der Waals surface area (Å²) in [7, 11) is 0. The maximum Gasteiger partial charge on any atom is 0.419 e. The number of rotatable bonds is 2. The topological polar surface area (TPSA) is 35.2 Å². The summed E-state index contributed by atoms with van der Waals surface area (Å²) in [5.74, 6) is -1.25. The number of benzene rings is 2. The molecule has 0 bridgehead atoms. The third kappa shape index (κ3) is 3.22. The average molecular weight is 350 g/mol. The summed E-state index contributed by atoms with van der Waals surface area (Å²) < 4.78 is 57.3. The molecule has 0 unspecified atom stereocenters. The second-order valence-corrected chi connectivity index (χ2v) is 4.84. The van der Waals surface area contributed by atoms with E-state index in [9.17, 15) is 17.6 Å². The van der Waals surface area contributed by atoms with Gasteiger partial charge in [0, 0.05) is 10.5 Å². The molecule has 0 atom stereocenters. The highest BCUT2D eigenvalue weighted by atomic mass is 79.9. The summed E-state index contributed by atoms with van der Waals surface area (Å²) in [6.45, 7) is 0. The standard InChI is InChI=1S/C13H8BrF4NO/c14-7-1-3-9(13(16,17)18)12(5-7)20-8-2-4-11(19)10(15)6-8/h1-6H,19H2. The lowest BCUT2D eigenvalue weighted by Crippen LogP contribution is -2.07. The predicted octanol–water partition coefficient (Wildman–Crippen LogP) is 4.98. The molecule has 2 rings (SSSR count). The Morgan fingerprint density at radius 3 is 2.35 bits per heavy atom. The van der Waals surface area contributed by atoms with E-state index in [4.69, 9.17) is 10.5 Å². The van der Waals surface area contributed by atoms with Gasteiger partial charge in [0.2, 0.25) is 0 Å². The van der Waals surface area contributed by atoms with E-state index >= 15 is 0 Å². The van der Waals surface area contributed by atoms with Crippen molar-refractivity contribution in [2.75, 3.05) is 5.73 Å². The molecule has 106 valence electrons. The van der Waals surface area contributed by atoms with Crippen LogP contribution in [0.3, 0.4) is 0 Å². The van der Waals surface area contributed by atoms with Gasteiger partial charge in [-0.05, 0) is 30.3 Å². The highest BCUT2D eigenvalue weighted by Crippen LogP contribution is 2.39. The highest BCUT2D eigenvalue weighted by molar-refractivity contribution is 9.10. The Bertz CT molecular complexity index is 643. The Hall–Kier alpha value is -1.76. The van der Waals surface area contributed by atoms with Crippen molar-refractivity contribution in [1.82, 2.24) is 0 Å². The molecule has 0 saturated heterocycles. The van der Waals surface area contributed by atoms with Crippen LogP contribution in [-0.4, -0.2) is 0 Å². The fourth-order valence-electron chi connectivity index (χ4n) is 1.51. The Labute approximate surface area is 120 Å². The zero-order valence-electron chi connectivity index (χ0n) is 9.84. The van der Waals surface area contributed by atoms with Crippen molar-refractivity contribution in [2.24, 2.45) is 0 Å². The first-order valence-electron chi connectivity index (χ1n) is 5.37. The maximum absolute atomic E-state index is 13.3. The number of nitrogen functional groups attached to an aromatic ring is 1. The molecule has 2 aromatic rings. The number of halogens is 5. The molecule has 0 aliphatic carbocycles. The fourth-order valence-corrected chi connectivity index (χ4v) is 1.85. The second-order valence-electron chi connectivity index (χ2n) is 3.92. The Morgan fingerprint density at radius 2 is 1.75 bits per heavy atom. The predicted molar refractivity (Wildman–Crippen MR) is 70.0 cm³/mol. The normalized spacial score (nSPS) is 11.4. The second kappa shape index (κ2) is 5.32. The van der Waals surface area contributed by atoms with Crippen molar-refractivity contribution in [3.63, 3.8) is 0 Å². The van der Waals surface area contributed by atoms with Gasteiger partial charge in [0.05, 0.1) is 11.3 Å². The van der Waals surface area contributed by atoms with Crippen molar-refractivity contribution >= 4 is 21.6 Å². The molecular weight excluding hydrogens is 342 g/mol. The summed E-state index contributed by atoms with van der Waals surface area (Å²) in [5, 5.41) is 0. The first-order chi connectivity index (χ1) is 9.27. The van der Waals surface area contributed by atoms with Gasteiger partial charge >= 0.3 is 6.18 Å². The minimum atomic E-state index is -4.57. The zero-order chi connectivity index (χ0) is 14.9. The van der Waals surface area contributed by atoms with Crippen LogP contribution < -0.4 is 10.5 Å². The molecule has 0 heterocycles. The molecular formula is C13H8BrF4NO. The van der Waals surface area contributed by atoms with E-state index in [1.807, 2.05) is 0 Å². The molecule has 2 N–H and O–H groups in total. The van der Waals surface area contributed by atoms with Crippen LogP contribution in [-0.2, 0) is 6.18 Å². The van der Waals surface area contributed by atoms with E-state index in [0.717, 1.165) is 18.2 Å². The van der Waals surface area contributed by atoms with Gasteiger partial charge < -0.3 is 10.5 Å². The van der Waals surface area contributed by atoms with Crippen LogP contribution in [0, 0.1) is 5.82 Å². The molecule has 0 aliphatic rings. The van der Waals surface area contributed by atoms with E-state index in [1.54, 1.807) is 0 Å². The summed E-state index contributed by atoms with van der Waals surface area (Å²) in [6, 6.07) is 6.73. The zero-order valence-corrected chi connectivity index (χ0v) is 11.4. The summed E-state index contributed by atoms with van der Waals surface area (Å²) in [4.78, 5) is 0. The van der Waals surface area contributed by atoms with Gasteiger partial charge in [-0.15, -0.1) is 0 Å². The van der Waals surface area contributed by atoms with Crippen LogP contribution in [0.5, 0.6) is 11.5 Å². The van der Waals surface area contributed by atoms with Crippen LogP contribution in [0.25, 0.3) is 0 Å². The number of anilines is 1. The summed E-state index contributed by atoms with van der Waals surface area (Å²) >= 11 is 3.06. The van der Waals surface area contributed by atoms with Gasteiger partial charge in [0.1, 0.15) is 17.3 Å². The molecule has 2 aromatic carbocycles. The largest absolute Gasteiger partial charge is 0.457 e. The SMILES string of the molecule is Nc1ccc(Oc2cc(Br)ccc2C(F)(F)F)cc1F. The molecule has 0 amide bonds. The van der Waals surface area contributed by atoms with Gasteiger partial charge in [0.25, 0.3) is 0 Å². The molecule has 0 aromatic heterocycles. The van der Waals surface area contributed by atoms with Crippen LogP contribution in [0.1, 0.15) is 5.56 Å². The molecule has 20 heavy (non-hydrogen) atoms. The molecule has 7 heteroatoms. The highest BCUT2D eigenvalue weighted by Gasteiger charge is 2.34. The molecule has 2 nitrogen and oxygen atoms in total. The van der Waals surface area contributed by atoms with Crippen molar-refractivity contribution in [3.8, 4) is 11.5 Å². The summed E-state index contributed by atoms with van der Waals surface area (Å²) in [6.07, 6.45) is -4.57. The van der Waals surface area contributed by atoms with Gasteiger partial charge in [-0.2, -0.15) is 13.2 Å². The van der Waals surface area contributed by atoms with Crippen molar-refractivity contribution < 1.29 is 22.3 Å². The van der Waals surface area contributed by atoms with Crippen LogP contribution in [0.15, 0.2) is 40.9 Å². The average Bonchev–Trinajstić information content (AvgIpc) is 2.32. The minimum absolute atomic E-state index is 0.0692. The van der Waals surface area contributed by atoms with Gasteiger partial charge in [0.15, 0.2) is 0 Å². The first kappa shape index (κ1) is 14.6. The lowest BCUT2D eigenvalue weighted by Gasteiger charge is -2.14. The third-order valence-electron chi connectivity index (χ3n) is 2.45. The minimum Gasteiger partial charge on any atom is -0.457 e. The Morgan fingerprint density at radius 1 is 1.05 bits per heavy atom. The van der Waals surface area contributed by atoms with Crippen molar-refractivity contribution in [2.45, 2.75) is 6.18 Å². The molecule has 0 fully saturated rings. The van der Waals surface area contributed by atoms with Gasteiger partial charge in [-0.1, -0.05) is 15.9 Å². The van der Waals surface area contributed by atoms with E-state index in [-0.39, 0.29) is 11.4 Å². The third-order valence-corrected chi connectivity index (χ3v) is 2.94. The summed E-state index contributed by atoms with van der Waals surface area (Å²) in [5.41, 5.74) is 4.23. The lowest BCUT2D eigenvalue weighted by atomic mass is 10.2. The quantitative estimate of drug-likeness (QED) is 0.612. The number of hydrogen-bond acceptors (Lipinski definition) is 2. The molecule has 0 spiro atoms. The van der Waals surface area contributed by atoms with Crippen molar-refractivity contribution in [3.05, 3.63) is 52.3 Å². The molecule has 0 radical (unpaired) electrons. The lowest BCUT2D eigenvalue weighted by molar-refractivity contribution is -0.138. The number of ether oxygens (including phenoxy) is 1. The van der Waals surface area contributed by atoms with Crippen molar-refractivity contribution in [1.29, 1.82) is 0 Å². The molecule has 0 saturated carbocycles. The van der Waals surface area contributed by atoms with Crippen LogP contribution in [0.2, 0.25) is 0 Å². The van der Waals surface area contributed by atoms with Gasteiger partial charge in [-0.3, -0.25) is 0 Å². The van der Waals surface area contributed by atoms with Crippen LogP contribution in [0.4, 0.5) is 23.2 Å². The van der Waals surface area contributed by atoms with Crippen LogP contribution >= 0.6 is 15.9 Å². The first-order valence-corrected chi connectivity index (χ1v) is 6.16. The van der Waals surface area contributed by atoms with E-state index < -0.39 is 23.3 Å². The monoisotopic (exact) mass is 349 g/mol. The van der Waals surface area contributed by atoms with E-state index in [2.05, 4.69) is 15.9 Å². The van der Waals surface area contributed by atoms with E-state index in [0.29, 0.717) is 4.47 Å². The number of alkyl halides is 3. The van der Waals surface area contributed by atoms with Gasteiger partial charge in [-0.25, -0.2) is 4.39 Å². The maximum atomic E-state index is 13.3. The fraction of sp³-hybridized carbons (Fsp3) is 0.0769. The Balaban J connectivity index is 2.42.